The van der Waals surface area contributed by atoms with Gasteiger partial charge in [0.1, 0.15) is 0 Å². The molecule has 1 atom stereocenters. The molecule has 5 heteroatoms. The summed E-state index contributed by atoms with van der Waals surface area (Å²) in [7, 11) is 0. The lowest BCUT2D eigenvalue weighted by Crippen LogP contribution is -2.24. The molecule has 1 aromatic carbocycles. The Morgan fingerprint density at radius 1 is 1.15 bits per heavy atom. The minimum atomic E-state index is -1.45. The zero-order valence-electron chi connectivity index (χ0n) is 11.0. The van der Waals surface area contributed by atoms with Crippen LogP contribution >= 0.6 is 0 Å². The lowest BCUT2D eigenvalue weighted by molar-refractivity contribution is 0.432. The quantitative estimate of drug-likeness (QED) is 0.847. The van der Waals surface area contributed by atoms with Crippen LogP contribution in [0.1, 0.15) is 30.5 Å². The molecule has 0 saturated heterocycles. The average Bonchev–Trinajstić information content (AvgIpc) is 2.48. The van der Waals surface area contributed by atoms with E-state index >= 15 is 0 Å². The molecule has 20 heavy (non-hydrogen) atoms. The highest BCUT2D eigenvalue weighted by atomic mass is 19.2. The van der Waals surface area contributed by atoms with Crippen LogP contribution in [0.25, 0.3) is 0 Å². The third-order valence-corrected chi connectivity index (χ3v) is 2.99. The standard InChI is InChI=1S/C15H15F3N2/c1-2-7-20-15(10-4-3-8-19-9-10)11-5-6-12(16)14(18)13(11)17/h3-6,8-9,15,20H,2,7H2,1H3. The predicted octanol–water partition coefficient (Wildman–Crippen LogP) is 3.59. The van der Waals surface area contributed by atoms with E-state index in [4.69, 9.17) is 0 Å². The fourth-order valence-corrected chi connectivity index (χ4v) is 2.01. The molecule has 0 bridgehead atoms. The summed E-state index contributed by atoms with van der Waals surface area (Å²) in [6.07, 6.45) is 4.01. The second kappa shape index (κ2) is 6.52. The van der Waals surface area contributed by atoms with Crippen LogP contribution in [0.4, 0.5) is 13.2 Å². The number of halogens is 3. The first-order valence-electron chi connectivity index (χ1n) is 6.41. The average molecular weight is 280 g/mol. The Balaban J connectivity index is 2.44. The van der Waals surface area contributed by atoms with Crippen molar-refractivity contribution in [3.05, 3.63) is 65.2 Å². The lowest BCUT2D eigenvalue weighted by Gasteiger charge is -2.20. The van der Waals surface area contributed by atoms with E-state index in [0.29, 0.717) is 12.1 Å². The Labute approximate surface area is 115 Å². The van der Waals surface area contributed by atoms with E-state index in [2.05, 4.69) is 10.3 Å². The Bertz CT molecular complexity index is 573. The van der Waals surface area contributed by atoms with E-state index in [-0.39, 0.29) is 5.56 Å². The van der Waals surface area contributed by atoms with Crippen molar-refractivity contribution in [2.75, 3.05) is 6.54 Å². The Hall–Kier alpha value is -1.88. The van der Waals surface area contributed by atoms with Crippen LogP contribution in [0, 0.1) is 17.5 Å². The number of aromatic nitrogens is 1. The monoisotopic (exact) mass is 280 g/mol. The minimum Gasteiger partial charge on any atom is -0.306 e. The minimum absolute atomic E-state index is 0.0744. The van der Waals surface area contributed by atoms with E-state index in [1.54, 1.807) is 24.5 Å². The van der Waals surface area contributed by atoms with Crippen molar-refractivity contribution in [1.82, 2.24) is 10.3 Å². The van der Waals surface area contributed by atoms with Gasteiger partial charge in [0.05, 0.1) is 6.04 Å². The Morgan fingerprint density at radius 2 is 1.95 bits per heavy atom. The normalized spacial score (nSPS) is 12.4. The molecule has 1 unspecified atom stereocenters. The van der Waals surface area contributed by atoms with Gasteiger partial charge >= 0.3 is 0 Å². The molecule has 0 aliphatic heterocycles. The van der Waals surface area contributed by atoms with Gasteiger partial charge in [-0.1, -0.05) is 19.1 Å². The molecule has 0 saturated carbocycles. The summed E-state index contributed by atoms with van der Waals surface area (Å²) in [6, 6.07) is 5.12. The summed E-state index contributed by atoms with van der Waals surface area (Å²) < 4.78 is 40.4. The molecule has 0 amide bonds. The van der Waals surface area contributed by atoms with Crippen LogP contribution in [0.3, 0.4) is 0 Å². The molecule has 0 fully saturated rings. The summed E-state index contributed by atoms with van der Waals surface area (Å²) in [5, 5.41) is 3.12. The van der Waals surface area contributed by atoms with Gasteiger partial charge in [-0.05, 0) is 30.7 Å². The van der Waals surface area contributed by atoms with Crippen LogP contribution < -0.4 is 5.32 Å². The molecule has 1 N–H and O–H groups in total. The smallest absolute Gasteiger partial charge is 0.194 e. The lowest BCUT2D eigenvalue weighted by atomic mass is 9.99. The number of hydrogen-bond donors (Lipinski definition) is 1. The molecule has 2 rings (SSSR count). The zero-order valence-corrected chi connectivity index (χ0v) is 11.0. The van der Waals surface area contributed by atoms with Crippen LogP contribution in [0.2, 0.25) is 0 Å². The van der Waals surface area contributed by atoms with Gasteiger partial charge in [0.15, 0.2) is 17.5 Å². The van der Waals surface area contributed by atoms with Gasteiger partial charge in [-0.15, -0.1) is 0 Å². The molecule has 1 aromatic heterocycles. The Kier molecular flexibility index (Phi) is 4.74. The molecule has 0 aliphatic rings. The van der Waals surface area contributed by atoms with Crippen LogP contribution in [-0.2, 0) is 0 Å². The van der Waals surface area contributed by atoms with Gasteiger partial charge < -0.3 is 5.32 Å². The molecule has 106 valence electrons. The summed E-state index contributed by atoms with van der Waals surface area (Å²) in [6.45, 7) is 2.59. The third kappa shape index (κ3) is 2.99. The second-order valence-electron chi connectivity index (χ2n) is 4.44. The largest absolute Gasteiger partial charge is 0.306 e. The Morgan fingerprint density at radius 3 is 2.60 bits per heavy atom. The third-order valence-electron chi connectivity index (χ3n) is 2.99. The number of nitrogens with one attached hydrogen (secondary N) is 1. The first-order chi connectivity index (χ1) is 9.65. The fraction of sp³-hybridized carbons (Fsp3) is 0.267. The van der Waals surface area contributed by atoms with Crippen molar-refractivity contribution in [3.63, 3.8) is 0 Å². The van der Waals surface area contributed by atoms with E-state index in [0.717, 1.165) is 12.5 Å². The number of benzene rings is 1. The van der Waals surface area contributed by atoms with Crippen LogP contribution in [0.15, 0.2) is 36.7 Å². The molecule has 0 spiro atoms. The molecule has 2 nitrogen and oxygen atoms in total. The molecule has 0 radical (unpaired) electrons. The van der Waals surface area contributed by atoms with E-state index < -0.39 is 23.5 Å². The number of nitrogens with zero attached hydrogens (tertiary/aromatic N) is 1. The number of hydrogen-bond acceptors (Lipinski definition) is 2. The zero-order chi connectivity index (χ0) is 14.5. The van der Waals surface area contributed by atoms with Crippen molar-refractivity contribution in [2.24, 2.45) is 0 Å². The van der Waals surface area contributed by atoms with E-state index in [9.17, 15) is 13.2 Å². The van der Waals surface area contributed by atoms with Crippen molar-refractivity contribution < 1.29 is 13.2 Å². The van der Waals surface area contributed by atoms with E-state index in [1.165, 1.54) is 6.07 Å². The van der Waals surface area contributed by atoms with Crippen LogP contribution in [0.5, 0.6) is 0 Å². The number of rotatable bonds is 5. The highest BCUT2D eigenvalue weighted by molar-refractivity contribution is 5.32. The van der Waals surface area contributed by atoms with Gasteiger partial charge in [-0.25, -0.2) is 13.2 Å². The summed E-state index contributed by atoms with van der Waals surface area (Å²) in [5.74, 6) is -3.80. The van der Waals surface area contributed by atoms with E-state index in [1.807, 2.05) is 6.92 Å². The van der Waals surface area contributed by atoms with Gasteiger partial charge in [0, 0.05) is 18.0 Å². The maximum Gasteiger partial charge on any atom is 0.194 e. The van der Waals surface area contributed by atoms with Crippen molar-refractivity contribution >= 4 is 0 Å². The van der Waals surface area contributed by atoms with Crippen molar-refractivity contribution in [2.45, 2.75) is 19.4 Å². The topological polar surface area (TPSA) is 24.9 Å². The first-order valence-corrected chi connectivity index (χ1v) is 6.41. The summed E-state index contributed by atoms with van der Waals surface area (Å²) in [5.41, 5.74) is 0.774. The van der Waals surface area contributed by atoms with Gasteiger partial charge in [-0.2, -0.15) is 0 Å². The first kappa shape index (κ1) is 14.5. The van der Waals surface area contributed by atoms with Crippen molar-refractivity contribution in [1.29, 1.82) is 0 Å². The summed E-state index contributed by atoms with van der Waals surface area (Å²) in [4.78, 5) is 3.98. The maximum atomic E-state index is 14.0. The molecule has 0 aliphatic carbocycles. The molecule has 1 heterocycles. The predicted molar refractivity (Wildman–Crippen MR) is 70.7 cm³/mol. The van der Waals surface area contributed by atoms with Gasteiger partial charge in [-0.3, -0.25) is 4.98 Å². The highest BCUT2D eigenvalue weighted by Crippen LogP contribution is 2.26. The van der Waals surface area contributed by atoms with Crippen LogP contribution in [-0.4, -0.2) is 11.5 Å². The molecule has 2 aromatic rings. The number of pyridine rings is 1. The molecular weight excluding hydrogens is 265 g/mol. The summed E-state index contributed by atoms with van der Waals surface area (Å²) >= 11 is 0. The fourth-order valence-electron chi connectivity index (χ4n) is 2.01. The second-order valence-corrected chi connectivity index (χ2v) is 4.44. The van der Waals surface area contributed by atoms with Gasteiger partial charge in [0.25, 0.3) is 0 Å². The van der Waals surface area contributed by atoms with Gasteiger partial charge in [0.2, 0.25) is 0 Å². The molecular formula is C15H15F3N2. The SMILES string of the molecule is CCCNC(c1cccnc1)c1ccc(F)c(F)c1F. The maximum absolute atomic E-state index is 14.0. The highest BCUT2D eigenvalue weighted by Gasteiger charge is 2.21. The van der Waals surface area contributed by atoms with Crippen molar-refractivity contribution in [3.8, 4) is 0 Å².